The van der Waals surface area contributed by atoms with Gasteiger partial charge in [-0.25, -0.2) is 0 Å². The molecule has 5 atom stereocenters. The monoisotopic (exact) mass is 351 g/mol. The van der Waals surface area contributed by atoms with Crippen molar-refractivity contribution >= 4 is 12.6 Å². The molecule has 2 aliphatic rings. The molecule has 0 aliphatic carbocycles. The lowest BCUT2D eigenvalue weighted by Gasteiger charge is -2.51. The molecule has 8 nitrogen and oxygen atoms in total. The van der Waals surface area contributed by atoms with Gasteiger partial charge >= 0.3 is 0 Å². The zero-order valence-electron chi connectivity index (χ0n) is 13.0. The van der Waals surface area contributed by atoms with E-state index in [1.807, 2.05) is 0 Å². The Bertz CT molecular complexity index is 450. The summed E-state index contributed by atoms with van der Waals surface area (Å²) in [5.74, 6) is -0.308. The van der Waals surface area contributed by atoms with E-state index in [9.17, 15) is 25.5 Å². The second kappa shape index (κ2) is 7.14. The first-order chi connectivity index (χ1) is 10.7. The molecule has 2 heterocycles. The highest BCUT2D eigenvalue weighted by Crippen LogP contribution is 2.43. The molecule has 2 saturated heterocycles. The fourth-order valence-corrected chi connectivity index (χ4v) is 3.28. The summed E-state index contributed by atoms with van der Waals surface area (Å²) in [6.07, 6.45) is -2.67. The Labute approximate surface area is 140 Å². The molecular formula is C14H25NO7S. The maximum atomic E-state index is 10.5. The molecular weight excluding hydrogens is 326 g/mol. The minimum absolute atomic E-state index is 0.00576. The summed E-state index contributed by atoms with van der Waals surface area (Å²) >= 11 is 3.89. The summed E-state index contributed by atoms with van der Waals surface area (Å²) in [5, 5.41) is 52.3. The standard InChI is InChI=1S/C14H25NO7S/c1-21-7-5-13(19)12(18)10(17)11(22-14(13,20)23)9(16)8-4-2-3-6-15-8/h10-12,15-20,23H,2-7H2,1H3/b9-8-/t10-,11+,12-,13-,14+/m0/s1. The van der Waals surface area contributed by atoms with Gasteiger partial charge in [0, 0.05) is 26.7 Å². The van der Waals surface area contributed by atoms with Crippen molar-refractivity contribution in [3.8, 4) is 0 Å². The fourth-order valence-electron chi connectivity index (χ4n) is 2.92. The molecule has 0 amide bonds. The smallest absolute Gasteiger partial charge is 0.246 e. The van der Waals surface area contributed by atoms with Crippen LogP contribution in [0, 0.1) is 0 Å². The maximum Gasteiger partial charge on any atom is 0.246 e. The van der Waals surface area contributed by atoms with Crippen LogP contribution in [0.5, 0.6) is 0 Å². The minimum atomic E-state index is -2.47. The SMILES string of the molecule is COCC[C@]1(O)[C@@H](O)[C@@H](O)[C@@H](/C(O)=C2\CCCCN2)O[C@@]1(O)S. The van der Waals surface area contributed by atoms with Crippen molar-refractivity contribution in [1.82, 2.24) is 5.32 Å². The molecule has 0 spiro atoms. The summed E-state index contributed by atoms with van der Waals surface area (Å²) < 4.78 is 10.1. The van der Waals surface area contributed by atoms with Crippen LogP contribution in [-0.2, 0) is 9.47 Å². The summed E-state index contributed by atoms with van der Waals surface area (Å²) in [4.78, 5) is 0. The number of aliphatic hydroxyl groups excluding tert-OH is 3. The first-order valence-electron chi connectivity index (χ1n) is 7.60. The van der Waals surface area contributed by atoms with E-state index in [0.717, 1.165) is 12.8 Å². The highest BCUT2D eigenvalue weighted by atomic mass is 32.1. The predicted octanol–water partition coefficient (Wildman–Crippen LogP) is -1.01. The Kier molecular flexibility index (Phi) is 5.83. The lowest BCUT2D eigenvalue weighted by molar-refractivity contribution is -0.343. The third kappa shape index (κ3) is 3.46. The van der Waals surface area contributed by atoms with E-state index < -0.39 is 29.0 Å². The molecule has 9 heteroatoms. The van der Waals surface area contributed by atoms with Gasteiger partial charge in [0.1, 0.15) is 24.1 Å². The van der Waals surface area contributed by atoms with Gasteiger partial charge in [0.2, 0.25) is 5.12 Å². The molecule has 0 saturated carbocycles. The van der Waals surface area contributed by atoms with Crippen LogP contribution in [0.3, 0.4) is 0 Å². The van der Waals surface area contributed by atoms with Crippen LogP contribution in [0.4, 0.5) is 0 Å². The largest absolute Gasteiger partial charge is 0.508 e. The van der Waals surface area contributed by atoms with Crippen LogP contribution in [0.15, 0.2) is 11.5 Å². The van der Waals surface area contributed by atoms with Crippen molar-refractivity contribution in [2.75, 3.05) is 20.3 Å². The van der Waals surface area contributed by atoms with Gasteiger partial charge in [-0.15, -0.1) is 12.6 Å². The van der Waals surface area contributed by atoms with Crippen molar-refractivity contribution in [3.63, 3.8) is 0 Å². The highest BCUT2D eigenvalue weighted by Gasteiger charge is 2.62. The summed E-state index contributed by atoms with van der Waals surface area (Å²) in [6, 6.07) is 0. The van der Waals surface area contributed by atoms with Crippen LogP contribution < -0.4 is 5.32 Å². The Morgan fingerprint density at radius 1 is 1.39 bits per heavy atom. The second-order valence-electron chi connectivity index (χ2n) is 6.00. The number of methoxy groups -OCH3 is 1. The second-order valence-corrected chi connectivity index (χ2v) is 6.60. The van der Waals surface area contributed by atoms with Crippen molar-refractivity contribution < 1.29 is 35.0 Å². The van der Waals surface area contributed by atoms with Crippen LogP contribution >= 0.6 is 12.6 Å². The van der Waals surface area contributed by atoms with Crippen LogP contribution in [0.25, 0.3) is 0 Å². The average molecular weight is 351 g/mol. The molecule has 2 rings (SSSR count). The molecule has 0 aromatic carbocycles. The van der Waals surface area contributed by atoms with E-state index in [2.05, 4.69) is 17.9 Å². The molecule has 23 heavy (non-hydrogen) atoms. The number of piperidine rings is 1. The zero-order valence-corrected chi connectivity index (χ0v) is 13.9. The van der Waals surface area contributed by atoms with E-state index in [0.29, 0.717) is 18.7 Å². The van der Waals surface area contributed by atoms with Gasteiger partial charge in [0.25, 0.3) is 0 Å². The Morgan fingerprint density at radius 3 is 2.65 bits per heavy atom. The van der Waals surface area contributed by atoms with E-state index in [4.69, 9.17) is 9.47 Å². The van der Waals surface area contributed by atoms with Gasteiger partial charge in [-0.05, 0) is 19.3 Å². The van der Waals surface area contributed by atoms with Gasteiger partial charge in [-0.2, -0.15) is 0 Å². The number of ether oxygens (including phenoxy) is 2. The first-order valence-corrected chi connectivity index (χ1v) is 8.05. The Hall–Kier alpha value is -0.550. The van der Waals surface area contributed by atoms with Gasteiger partial charge in [0.05, 0.1) is 5.70 Å². The zero-order chi connectivity index (χ0) is 17.3. The minimum Gasteiger partial charge on any atom is -0.508 e. The summed E-state index contributed by atoms with van der Waals surface area (Å²) in [6.45, 7) is 0.680. The Balaban J connectivity index is 2.26. The van der Waals surface area contributed by atoms with Crippen LogP contribution in [0.1, 0.15) is 25.7 Å². The topological polar surface area (TPSA) is 132 Å². The third-order valence-corrected chi connectivity index (χ3v) is 4.93. The van der Waals surface area contributed by atoms with Gasteiger partial charge in [-0.1, -0.05) is 0 Å². The Morgan fingerprint density at radius 2 is 2.09 bits per heavy atom. The number of nitrogens with one attached hydrogen (secondary N) is 1. The summed E-state index contributed by atoms with van der Waals surface area (Å²) in [7, 11) is 1.39. The third-order valence-electron chi connectivity index (χ3n) is 4.44. The lowest BCUT2D eigenvalue weighted by Crippen LogP contribution is -2.71. The number of aliphatic hydroxyl groups is 5. The summed E-state index contributed by atoms with van der Waals surface area (Å²) in [5.41, 5.74) is -1.77. The molecule has 134 valence electrons. The quantitative estimate of drug-likeness (QED) is 0.195. The fraction of sp³-hybridized carbons (Fsp3) is 0.857. The van der Waals surface area contributed by atoms with Crippen molar-refractivity contribution in [2.24, 2.45) is 0 Å². The number of thiol groups is 1. The first kappa shape index (κ1) is 18.8. The molecule has 6 N–H and O–H groups in total. The van der Waals surface area contributed by atoms with Gasteiger partial charge < -0.3 is 40.3 Å². The van der Waals surface area contributed by atoms with Crippen LogP contribution in [-0.4, -0.2) is 74.8 Å². The van der Waals surface area contributed by atoms with Crippen LogP contribution in [0.2, 0.25) is 0 Å². The van der Waals surface area contributed by atoms with E-state index >= 15 is 0 Å². The van der Waals surface area contributed by atoms with Crippen molar-refractivity contribution in [1.29, 1.82) is 0 Å². The normalized spacial score (nSPS) is 43.8. The molecule has 0 aromatic rings. The molecule has 0 aromatic heterocycles. The molecule has 0 bridgehead atoms. The van der Waals surface area contributed by atoms with E-state index in [1.54, 1.807) is 0 Å². The van der Waals surface area contributed by atoms with E-state index in [-0.39, 0.29) is 18.8 Å². The molecule has 0 unspecified atom stereocenters. The highest BCUT2D eigenvalue weighted by molar-refractivity contribution is 7.81. The number of hydrogen-bond acceptors (Lipinski definition) is 9. The maximum absolute atomic E-state index is 10.5. The lowest BCUT2D eigenvalue weighted by atomic mass is 9.83. The van der Waals surface area contributed by atoms with Crippen molar-refractivity contribution in [3.05, 3.63) is 11.5 Å². The average Bonchev–Trinajstić information content (AvgIpc) is 2.55. The van der Waals surface area contributed by atoms with Gasteiger partial charge in [-0.3, -0.25) is 0 Å². The predicted molar refractivity (Wildman–Crippen MR) is 83.8 cm³/mol. The van der Waals surface area contributed by atoms with E-state index in [1.165, 1.54) is 7.11 Å². The number of hydrogen-bond donors (Lipinski definition) is 7. The number of allylic oxidation sites excluding steroid dienone is 1. The van der Waals surface area contributed by atoms with Crippen molar-refractivity contribution in [2.45, 2.75) is 54.7 Å². The molecule has 2 aliphatic heterocycles. The number of rotatable bonds is 4. The molecule has 0 radical (unpaired) electrons. The molecule has 2 fully saturated rings. The van der Waals surface area contributed by atoms with Gasteiger partial charge in [0.15, 0.2) is 5.60 Å².